The van der Waals surface area contributed by atoms with Crippen LogP contribution in [0.15, 0.2) is 43.1 Å². The Kier molecular flexibility index (Phi) is 13.0. The number of ether oxygens (including phenoxy) is 4. The lowest BCUT2D eigenvalue weighted by Crippen LogP contribution is -2.44. The average Bonchev–Trinajstić information content (AvgIpc) is 3.72. The van der Waals surface area contributed by atoms with Crippen molar-refractivity contribution >= 4 is 11.6 Å². The zero-order chi connectivity index (χ0) is 36.3. The summed E-state index contributed by atoms with van der Waals surface area (Å²) in [7, 11) is 2.27. The van der Waals surface area contributed by atoms with Crippen molar-refractivity contribution in [2.24, 2.45) is 0 Å². The normalized spacial score (nSPS) is 20.0. The van der Waals surface area contributed by atoms with E-state index in [9.17, 15) is 5.26 Å². The summed E-state index contributed by atoms with van der Waals surface area (Å²) in [6, 6.07) is 8.97. The molecule has 0 bridgehead atoms. The van der Waals surface area contributed by atoms with Gasteiger partial charge in [-0.1, -0.05) is 6.07 Å². The average molecular weight is 714 g/mol. The molecule has 1 saturated carbocycles. The minimum absolute atomic E-state index is 0.177. The topological polar surface area (TPSA) is 163 Å². The van der Waals surface area contributed by atoms with E-state index in [1.54, 1.807) is 23.1 Å². The summed E-state index contributed by atoms with van der Waals surface area (Å²) in [6.45, 7) is 9.22. The lowest BCUT2D eigenvalue weighted by molar-refractivity contribution is 0.0499. The predicted octanol–water partition coefficient (Wildman–Crippen LogP) is 5.59. The van der Waals surface area contributed by atoms with Crippen molar-refractivity contribution in [2.45, 2.75) is 109 Å². The van der Waals surface area contributed by atoms with Gasteiger partial charge in [-0.05, 0) is 101 Å². The number of likely N-dealkylation sites (N-methyl/N-ethyl adjacent to an activating group) is 1. The highest BCUT2D eigenvalue weighted by Gasteiger charge is 2.30. The van der Waals surface area contributed by atoms with Crippen LogP contribution >= 0.6 is 0 Å². The summed E-state index contributed by atoms with van der Waals surface area (Å²) in [5, 5.41) is 29.2. The summed E-state index contributed by atoms with van der Waals surface area (Å²) in [6.07, 6.45) is 15.6. The van der Waals surface area contributed by atoms with Crippen molar-refractivity contribution in [1.82, 2.24) is 44.9 Å². The molecule has 52 heavy (non-hydrogen) atoms. The standard InChI is InChI=1S/C37H51N11O4/c1-26(2)50-16-7-17-51-36-34(23-48(43-36)32-13-11-31(12-14-32)46(4)33-8-5-6-15-49-24-33)42-37-39-20-30(21-40-37)28-9-10-29(19-38)35(18-28)52-27(3)22-47-25-41-44-45-47/h9-10,18,20-21,23,25-27,31-33H,5-8,11-17,22,24H2,1-4H3,(H,39,40,42)/t27-,31?,32?,33+/m0/s1. The molecule has 0 unspecified atom stereocenters. The number of aromatic nitrogens is 8. The number of nitriles is 1. The minimum Gasteiger partial charge on any atom is -0.487 e. The molecule has 2 aliphatic rings. The molecule has 3 aromatic heterocycles. The summed E-state index contributed by atoms with van der Waals surface area (Å²) >= 11 is 0. The van der Waals surface area contributed by atoms with Crippen LogP contribution < -0.4 is 14.8 Å². The lowest BCUT2D eigenvalue weighted by Gasteiger charge is -2.38. The Morgan fingerprint density at radius 2 is 1.87 bits per heavy atom. The summed E-state index contributed by atoms with van der Waals surface area (Å²) in [5.74, 6) is 1.42. The molecule has 1 aliphatic heterocycles. The first-order chi connectivity index (χ1) is 25.4. The van der Waals surface area contributed by atoms with Crippen molar-refractivity contribution in [3.8, 4) is 28.8 Å². The van der Waals surface area contributed by atoms with E-state index in [0.29, 0.717) is 55.0 Å². The van der Waals surface area contributed by atoms with Crippen LogP contribution in [0.25, 0.3) is 11.1 Å². The Bertz CT molecular complexity index is 1710. The van der Waals surface area contributed by atoms with Gasteiger partial charge in [-0.15, -0.1) is 10.2 Å². The molecule has 15 nitrogen and oxygen atoms in total. The second kappa shape index (κ2) is 18.2. The van der Waals surface area contributed by atoms with E-state index < -0.39 is 0 Å². The summed E-state index contributed by atoms with van der Waals surface area (Å²) in [5.41, 5.74) is 2.76. The van der Waals surface area contributed by atoms with Gasteiger partial charge in [-0.2, -0.15) is 5.26 Å². The molecule has 0 amide bonds. The number of tetrazole rings is 1. The highest BCUT2D eigenvalue weighted by atomic mass is 16.5. The molecule has 1 aliphatic carbocycles. The third kappa shape index (κ3) is 10.0. The summed E-state index contributed by atoms with van der Waals surface area (Å²) in [4.78, 5) is 11.8. The van der Waals surface area contributed by atoms with E-state index in [1.165, 1.54) is 19.2 Å². The Balaban J connectivity index is 1.12. The highest BCUT2D eigenvalue weighted by Crippen LogP contribution is 2.35. The molecule has 0 radical (unpaired) electrons. The first-order valence-corrected chi connectivity index (χ1v) is 18.5. The van der Waals surface area contributed by atoms with Crippen molar-refractivity contribution in [1.29, 1.82) is 5.26 Å². The van der Waals surface area contributed by atoms with Gasteiger partial charge in [0.25, 0.3) is 5.88 Å². The Labute approximate surface area is 305 Å². The molecule has 1 aromatic carbocycles. The van der Waals surface area contributed by atoms with Crippen molar-refractivity contribution in [3.05, 3.63) is 48.7 Å². The number of hydrogen-bond acceptors (Lipinski definition) is 13. The molecule has 2 fully saturated rings. The van der Waals surface area contributed by atoms with Gasteiger partial charge in [0.1, 0.15) is 29.9 Å². The maximum atomic E-state index is 9.70. The molecule has 4 heterocycles. The molecular formula is C37H51N11O4. The van der Waals surface area contributed by atoms with Gasteiger partial charge in [-0.3, -0.25) is 9.58 Å². The molecule has 1 saturated heterocycles. The molecule has 0 spiro atoms. The third-order valence-electron chi connectivity index (χ3n) is 9.75. The van der Waals surface area contributed by atoms with Gasteiger partial charge in [-0.25, -0.2) is 14.6 Å². The fourth-order valence-electron chi connectivity index (χ4n) is 6.87. The number of rotatable bonds is 16. The molecule has 4 aromatic rings. The first kappa shape index (κ1) is 37.1. The van der Waals surface area contributed by atoms with Gasteiger partial charge in [0.05, 0.1) is 50.3 Å². The fourth-order valence-corrected chi connectivity index (χ4v) is 6.87. The Hall–Kier alpha value is -4.65. The fraction of sp³-hybridized carbons (Fsp3) is 0.595. The molecule has 278 valence electrons. The molecule has 6 rings (SSSR count). The van der Waals surface area contributed by atoms with Crippen LogP contribution in [0.5, 0.6) is 11.6 Å². The SMILES string of the molecule is CC(C)OCCCOc1nn(C2CCC(N(C)[C@@H]3CCCCOC3)CC2)cc1Nc1ncc(-c2ccc(C#N)c(O[C@@H](C)Cn3cnnn3)c2)cn1. The largest absolute Gasteiger partial charge is 0.487 e. The number of benzene rings is 1. The van der Waals surface area contributed by atoms with Crippen molar-refractivity contribution < 1.29 is 18.9 Å². The maximum absolute atomic E-state index is 9.70. The molecule has 1 N–H and O–H groups in total. The maximum Gasteiger partial charge on any atom is 0.256 e. The molecule has 2 atom stereocenters. The quantitative estimate of drug-likeness (QED) is 0.143. The minimum atomic E-state index is -0.272. The second-order valence-electron chi connectivity index (χ2n) is 14.0. The van der Waals surface area contributed by atoms with E-state index in [-0.39, 0.29) is 18.2 Å². The highest BCUT2D eigenvalue weighted by molar-refractivity contribution is 5.67. The van der Waals surface area contributed by atoms with E-state index in [4.69, 9.17) is 24.0 Å². The Morgan fingerprint density at radius 1 is 1.04 bits per heavy atom. The van der Waals surface area contributed by atoms with Crippen LogP contribution in [0.3, 0.4) is 0 Å². The van der Waals surface area contributed by atoms with Gasteiger partial charge in [0.2, 0.25) is 5.95 Å². The van der Waals surface area contributed by atoms with E-state index in [2.05, 4.69) is 53.5 Å². The number of hydrogen-bond donors (Lipinski definition) is 1. The third-order valence-corrected chi connectivity index (χ3v) is 9.75. The number of anilines is 2. The van der Waals surface area contributed by atoms with Crippen LogP contribution in [-0.4, -0.2) is 103 Å². The van der Waals surface area contributed by atoms with E-state index >= 15 is 0 Å². The zero-order valence-electron chi connectivity index (χ0n) is 30.7. The Morgan fingerprint density at radius 3 is 2.62 bits per heavy atom. The monoisotopic (exact) mass is 713 g/mol. The smallest absolute Gasteiger partial charge is 0.256 e. The molecular weight excluding hydrogens is 662 g/mol. The first-order valence-electron chi connectivity index (χ1n) is 18.5. The second-order valence-corrected chi connectivity index (χ2v) is 14.0. The van der Waals surface area contributed by atoms with Crippen molar-refractivity contribution in [3.63, 3.8) is 0 Å². The summed E-state index contributed by atoms with van der Waals surface area (Å²) < 4.78 is 27.6. The van der Waals surface area contributed by atoms with Crippen LogP contribution in [0.1, 0.15) is 83.7 Å². The lowest BCUT2D eigenvalue weighted by atomic mass is 9.89. The van der Waals surface area contributed by atoms with Crippen LogP contribution in [0.2, 0.25) is 0 Å². The van der Waals surface area contributed by atoms with Gasteiger partial charge in [0, 0.05) is 43.1 Å². The van der Waals surface area contributed by atoms with Crippen molar-refractivity contribution in [2.75, 3.05) is 38.8 Å². The van der Waals surface area contributed by atoms with Gasteiger partial charge >= 0.3 is 0 Å². The predicted molar refractivity (Wildman–Crippen MR) is 194 cm³/mol. The van der Waals surface area contributed by atoms with Crippen LogP contribution in [-0.2, 0) is 16.0 Å². The molecule has 15 heteroatoms. The van der Waals surface area contributed by atoms with Gasteiger partial charge < -0.3 is 24.3 Å². The van der Waals surface area contributed by atoms with E-state index in [0.717, 1.165) is 68.6 Å². The number of nitrogens with zero attached hydrogens (tertiary/aromatic N) is 10. The van der Waals surface area contributed by atoms with Gasteiger partial charge in [0.15, 0.2) is 0 Å². The number of nitrogens with one attached hydrogen (secondary N) is 1. The zero-order valence-corrected chi connectivity index (χ0v) is 30.7. The van der Waals surface area contributed by atoms with E-state index in [1.807, 2.05) is 39.1 Å². The van der Waals surface area contributed by atoms with Crippen LogP contribution in [0, 0.1) is 11.3 Å². The van der Waals surface area contributed by atoms with Crippen LogP contribution in [0.4, 0.5) is 11.6 Å².